The number of nitrogens with zero attached hydrogens (tertiary/aromatic N) is 3. The largest absolute Gasteiger partial charge is 0.352 e. The lowest BCUT2D eigenvalue weighted by Gasteiger charge is -2.39. The van der Waals surface area contributed by atoms with Gasteiger partial charge in [-0.3, -0.25) is 9.48 Å². The molecule has 3 N–H and O–H groups in total. The molecule has 3 amide bonds. The van der Waals surface area contributed by atoms with Gasteiger partial charge in [0, 0.05) is 18.8 Å². The highest BCUT2D eigenvalue weighted by molar-refractivity contribution is 5.83. The highest BCUT2D eigenvalue weighted by atomic mass is 16.2. The minimum atomic E-state index is -0.682. The average Bonchev–Trinajstić information content (AvgIpc) is 2.53. The molecular formula is C11H17N5O2. The van der Waals surface area contributed by atoms with Crippen molar-refractivity contribution >= 4 is 11.9 Å². The minimum absolute atomic E-state index is 0.0425. The quantitative estimate of drug-likeness (QED) is 0.762. The molecule has 0 bridgehead atoms. The fraction of sp³-hybridized carbons (Fsp3) is 0.545. The van der Waals surface area contributed by atoms with E-state index in [1.54, 1.807) is 4.90 Å². The summed E-state index contributed by atoms with van der Waals surface area (Å²) in [6.07, 6.45) is 0. The number of carbonyl (C=O) groups excluding carboxylic acids is 2. The van der Waals surface area contributed by atoms with E-state index in [1.807, 2.05) is 24.6 Å². The van der Waals surface area contributed by atoms with E-state index in [9.17, 15) is 9.59 Å². The van der Waals surface area contributed by atoms with Crippen LogP contribution in [0.5, 0.6) is 0 Å². The van der Waals surface area contributed by atoms with Gasteiger partial charge in [0.05, 0.1) is 18.3 Å². The second-order valence-electron chi connectivity index (χ2n) is 4.54. The van der Waals surface area contributed by atoms with Crippen molar-refractivity contribution in [2.24, 2.45) is 5.73 Å². The predicted molar refractivity (Wildman–Crippen MR) is 64.9 cm³/mol. The molecule has 7 heteroatoms. The average molecular weight is 251 g/mol. The molecule has 0 saturated carbocycles. The summed E-state index contributed by atoms with van der Waals surface area (Å²) in [6, 6.07) is 1.56. The molecule has 1 aliphatic heterocycles. The van der Waals surface area contributed by atoms with Gasteiger partial charge in [0.15, 0.2) is 0 Å². The van der Waals surface area contributed by atoms with Crippen LogP contribution in [-0.4, -0.2) is 46.3 Å². The Morgan fingerprint density at radius 2 is 2.17 bits per heavy atom. The number of rotatable bonds is 3. The Balaban J connectivity index is 1.85. The van der Waals surface area contributed by atoms with Crippen LogP contribution in [0.2, 0.25) is 0 Å². The SMILES string of the molecule is Cc1cc(C)n(C2CN(C(=O)CNC(N)=O)C2)n1. The molecule has 7 nitrogen and oxygen atoms in total. The first-order valence-electron chi connectivity index (χ1n) is 5.81. The van der Waals surface area contributed by atoms with E-state index in [0.29, 0.717) is 13.1 Å². The number of likely N-dealkylation sites (tertiary alicyclic amines) is 1. The monoisotopic (exact) mass is 251 g/mol. The van der Waals surface area contributed by atoms with Gasteiger partial charge >= 0.3 is 6.03 Å². The van der Waals surface area contributed by atoms with E-state index in [4.69, 9.17) is 5.73 Å². The maximum atomic E-state index is 11.6. The number of hydrogen-bond donors (Lipinski definition) is 2. The van der Waals surface area contributed by atoms with Crippen LogP contribution in [-0.2, 0) is 4.79 Å². The Labute approximate surface area is 105 Å². The first kappa shape index (κ1) is 12.4. The molecule has 0 spiro atoms. The van der Waals surface area contributed by atoms with Crippen LogP contribution in [0.1, 0.15) is 17.4 Å². The van der Waals surface area contributed by atoms with Crippen LogP contribution in [0, 0.1) is 13.8 Å². The molecule has 18 heavy (non-hydrogen) atoms. The zero-order valence-corrected chi connectivity index (χ0v) is 10.5. The van der Waals surface area contributed by atoms with E-state index in [1.165, 1.54) is 0 Å². The topological polar surface area (TPSA) is 93.3 Å². The van der Waals surface area contributed by atoms with Crippen molar-refractivity contribution in [3.05, 3.63) is 17.5 Å². The molecule has 1 saturated heterocycles. The molecule has 1 fully saturated rings. The third-order valence-corrected chi connectivity index (χ3v) is 3.02. The highest BCUT2D eigenvalue weighted by Gasteiger charge is 2.32. The van der Waals surface area contributed by atoms with E-state index >= 15 is 0 Å². The fourth-order valence-electron chi connectivity index (χ4n) is 2.10. The summed E-state index contributed by atoms with van der Waals surface area (Å²) in [4.78, 5) is 23.8. The number of hydrogen-bond acceptors (Lipinski definition) is 3. The Bertz CT molecular complexity index is 476. The maximum Gasteiger partial charge on any atom is 0.312 e. The van der Waals surface area contributed by atoms with Gasteiger partial charge in [-0.05, 0) is 19.9 Å². The van der Waals surface area contributed by atoms with E-state index in [2.05, 4.69) is 10.4 Å². The van der Waals surface area contributed by atoms with Crippen LogP contribution in [0.4, 0.5) is 4.79 Å². The minimum Gasteiger partial charge on any atom is -0.352 e. The second kappa shape index (κ2) is 4.67. The number of urea groups is 1. The van der Waals surface area contributed by atoms with Gasteiger partial charge in [-0.2, -0.15) is 5.10 Å². The van der Waals surface area contributed by atoms with Gasteiger partial charge in [-0.25, -0.2) is 4.79 Å². The van der Waals surface area contributed by atoms with Crippen LogP contribution in [0.15, 0.2) is 6.07 Å². The van der Waals surface area contributed by atoms with Gasteiger partial charge < -0.3 is 16.0 Å². The zero-order chi connectivity index (χ0) is 13.3. The van der Waals surface area contributed by atoms with Crippen LogP contribution < -0.4 is 11.1 Å². The molecule has 0 unspecified atom stereocenters. The number of nitrogens with one attached hydrogen (secondary N) is 1. The number of primary amides is 1. The van der Waals surface area contributed by atoms with Crippen molar-refractivity contribution in [3.63, 3.8) is 0 Å². The smallest absolute Gasteiger partial charge is 0.312 e. The molecule has 98 valence electrons. The fourth-order valence-corrected chi connectivity index (χ4v) is 2.10. The predicted octanol–water partition coefficient (Wildman–Crippen LogP) is -0.448. The van der Waals surface area contributed by atoms with Crippen molar-refractivity contribution in [1.82, 2.24) is 20.0 Å². The Kier molecular flexibility index (Phi) is 3.22. The lowest BCUT2D eigenvalue weighted by atomic mass is 10.1. The number of aromatic nitrogens is 2. The van der Waals surface area contributed by atoms with E-state index in [-0.39, 0.29) is 18.5 Å². The van der Waals surface area contributed by atoms with Gasteiger partial charge in [0.2, 0.25) is 5.91 Å². The van der Waals surface area contributed by atoms with Gasteiger partial charge in [-0.15, -0.1) is 0 Å². The zero-order valence-electron chi connectivity index (χ0n) is 10.5. The van der Waals surface area contributed by atoms with Crippen LogP contribution >= 0.6 is 0 Å². The lowest BCUT2D eigenvalue weighted by Crippen LogP contribution is -2.54. The summed E-state index contributed by atoms with van der Waals surface area (Å²) in [7, 11) is 0. The molecule has 0 aliphatic carbocycles. The molecule has 1 aromatic heterocycles. The van der Waals surface area contributed by atoms with E-state index < -0.39 is 6.03 Å². The van der Waals surface area contributed by atoms with Gasteiger partial charge in [-0.1, -0.05) is 0 Å². The summed E-state index contributed by atoms with van der Waals surface area (Å²) in [6.45, 7) is 5.16. The lowest BCUT2D eigenvalue weighted by molar-refractivity contribution is -0.136. The third kappa shape index (κ3) is 2.44. The molecular weight excluding hydrogens is 234 g/mol. The summed E-state index contributed by atoms with van der Waals surface area (Å²) < 4.78 is 1.95. The summed E-state index contributed by atoms with van der Waals surface area (Å²) in [5, 5.41) is 6.68. The number of nitrogens with two attached hydrogens (primary N) is 1. The number of carbonyl (C=O) groups is 2. The number of aryl methyl sites for hydroxylation is 2. The van der Waals surface area contributed by atoms with Gasteiger partial charge in [0.1, 0.15) is 0 Å². The van der Waals surface area contributed by atoms with Crippen molar-refractivity contribution in [3.8, 4) is 0 Å². The standard InChI is InChI=1S/C11H17N5O2/c1-7-3-8(2)16(14-7)9-5-15(6-9)10(17)4-13-11(12)18/h3,9H,4-6H2,1-2H3,(H3,12,13,18). The van der Waals surface area contributed by atoms with Crippen LogP contribution in [0.3, 0.4) is 0 Å². The summed E-state index contributed by atoms with van der Waals surface area (Å²) >= 11 is 0. The molecule has 2 rings (SSSR count). The Morgan fingerprint density at radius 1 is 1.50 bits per heavy atom. The number of amides is 3. The van der Waals surface area contributed by atoms with Crippen molar-refractivity contribution in [1.29, 1.82) is 0 Å². The van der Waals surface area contributed by atoms with E-state index in [0.717, 1.165) is 11.4 Å². The van der Waals surface area contributed by atoms with Crippen molar-refractivity contribution < 1.29 is 9.59 Å². The molecule has 0 atom stereocenters. The van der Waals surface area contributed by atoms with Gasteiger partial charge in [0.25, 0.3) is 0 Å². The maximum absolute atomic E-state index is 11.6. The Hall–Kier alpha value is -2.05. The second-order valence-corrected chi connectivity index (χ2v) is 4.54. The molecule has 2 heterocycles. The first-order valence-corrected chi connectivity index (χ1v) is 5.81. The third-order valence-electron chi connectivity index (χ3n) is 3.02. The first-order chi connectivity index (χ1) is 8.47. The molecule has 1 aliphatic rings. The molecule has 0 radical (unpaired) electrons. The summed E-state index contributed by atoms with van der Waals surface area (Å²) in [5.74, 6) is -0.119. The normalized spacial score (nSPS) is 15.3. The van der Waals surface area contributed by atoms with Crippen LogP contribution in [0.25, 0.3) is 0 Å². The Morgan fingerprint density at radius 3 is 2.67 bits per heavy atom. The highest BCUT2D eigenvalue weighted by Crippen LogP contribution is 2.22. The molecule has 1 aromatic rings. The van der Waals surface area contributed by atoms with Crippen molar-refractivity contribution in [2.45, 2.75) is 19.9 Å². The van der Waals surface area contributed by atoms with Crippen molar-refractivity contribution in [2.75, 3.05) is 19.6 Å². The summed E-state index contributed by atoms with van der Waals surface area (Å²) in [5.41, 5.74) is 6.98. The molecule has 0 aromatic carbocycles.